The van der Waals surface area contributed by atoms with Gasteiger partial charge in [-0.25, -0.2) is 9.78 Å². The van der Waals surface area contributed by atoms with E-state index in [0.717, 1.165) is 25.7 Å². The number of rotatable bonds is 8. The van der Waals surface area contributed by atoms with Crippen LogP contribution in [-0.4, -0.2) is 32.5 Å². The molecule has 1 atom stereocenters. The zero-order valence-electron chi connectivity index (χ0n) is 20.2. The highest BCUT2D eigenvalue weighted by Crippen LogP contribution is 2.36. The van der Waals surface area contributed by atoms with Crippen molar-refractivity contribution in [2.75, 3.05) is 11.9 Å². The van der Waals surface area contributed by atoms with Gasteiger partial charge in [0.25, 0.3) is 11.5 Å². The van der Waals surface area contributed by atoms with Crippen LogP contribution in [0, 0.1) is 17.2 Å². The predicted molar refractivity (Wildman–Crippen MR) is 138 cm³/mol. The lowest BCUT2D eigenvalue weighted by atomic mass is 10.1. The Kier molecular flexibility index (Phi) is 6.56. The van der Waals surface area contributed by atoms with E-state index in [0.29, 0.717) is 16.9 Å². The molecule has 2 amide bonds. The number of aromatic nitrogens is 3. The van der Waals surface area contributed by atoms with E-state index >= 15 is 0 Å². The monoisotopic (exact) mass is 520 g/mol. The van der Waals surface area contributed by atoms with E-state index < -0.39 is 11.5 Å². The van der Waals surface area contributed by atoms with Gasteiger partial charge in [-0.15, -0.1) is 0 Å². The number of carbonyl (C=O) groups is 2. The summed E-state index contributed by atoms with van der Waals surface area (Å²) in [5, 5.41) is 15.0. The molecule has 2 fully saturated rings. The number of amides is 2. The zero-order chi connectivity index (χ0) is 26.3. The van der Waals surface area contributed by atoms with Gasteiger partial charge in [-0.1, -0.05) is 18.5 Å². The standard InChI is InChI=1S/C26H25ClN6O4/c1-14(8-22(34)31-17-3-2-15(11-28)21(27)10-17)12-30-24(35)16-9-20-23(29-13-16)32(18-4-5-18)26(37)33(25(20)36)19-6-7-19/h2-3,9-10,13-14,18-19H,4-8,12H2,1H3,(H,30,35)(H,31,34). The van der Waals surface area contributed by atoms with Gasteiger partial charge in [-0.2, -0.15) is 5.26 Å². The number of nitriles is 1. The Bertz CT molecular complexity index is 1580. The number of benzene rings is 1. The average Bonchev–Trinajstić information content (AvgIpc) is 3.78. The van der Waals surface area contributed by atoms with Crippen molar-refractivity contribution in [1.29, 1.82) is 5.26 Å². The van der Waals surface area contributed by atoms with E-state index in [9.17, 15) is 19.2 Å². The first-order valence-corrected chi connectivity index (χ1v) is 12.6. The second-order valence-corrected chi connectivity index (χ2v) is 10.2. The lowest BCUT2D eigenvalue weighted by molar-refractivity contribution is -0.116. The molecule has 5 rings (SSSR count). The highest BCUT2D eigenvalue weighted by molar-refractivity contribution is 6.32. The second kappa shape index (κ2) is 9.82. The van der Waals surface area contributed by atoms with Crippen LogP contribution >= 0.6 is 11.6 Å². The van der Waals surface area contributed by atoms with Crippen molar-refractivity contribution in [2.45, 2.75) is 51.1 Å². The fourth-order valence-corrected chi connectivity index (χ4v) is 4.55. The third-order valence-corrected chi connectivity index (χ3v) is 6.87. The Balaban J connectivity index is 1.25. The maximum atomic E-state index is 13.1. The Labute approximate surface area is 216 Å². The second-order valence-electron chi connectivity index (χ2n) is 9.76. The Morgan fingerprint density at radius 2 is 1.86 bits per heavy atom. The fraction of sp³-hybridized carbons (Fsp3) is 0.385. The molecule has 2 heterocycles. The van der Waals surface area contributed by atoms with Crippen molar-refractivity contribution in [2.24, 2.45) is 5.92 Å². The molecule has 1 unspecified atom stereocenters. The number of hydrogen-bond acceptors (Lipinski definition) is 6. The fourth-order valence-electron chi connectivity index (χ4n) is 4.32. The van der Waals surface area contributed by atoms with E-state index in [1.54, 1.807) is 10.6 Å². The number of halogens is 1. The normalized spacial score (nSPS) is 15.7. The van der Waals surface area contributed by atoms with Crippen LogP contribution in [0.5, 0.6) is 0 Å². The molecule has 0 bridgehead atoms. The van der Waals surface area contributed by atoms with Gasteiger partial charge in [-0.3, -0.25) is 23.5 Å². The van der Waals surface area contributed by atoms with Crippen LogP contribution in [0.4, 0.5) is 5.69 Å². The SMILES string of the molecule is CC(CNC(=O)c1cnc2c(c1)c(=O)n(C1CC1)c(=O)n2C1CC1)CC(=O)Nc1ccc(C#N)c(Cl)c1. The largest absolute Gasteiger partial charge is 0.352 e. The number of fused-ring (bicyclic) bond motifs is 1. The molecular weight excluding hydrogens is 496 g/mol. The molecule has 2 saturated carbocycles. The van der Waals surface area contributed by atoms with Crippen LogP contribution in [-0.2, 0) is 4.79 Å². The van der Waals surface area contributed by atoms with Crippen molar-refractivity contribution in [3.63, 3.8) is 0 Å². The Morgan fingerprint density at radius 3 is 2.51 bits per heavy atom. The summed E-state index contributed by atoms with van der Waals surface area (Å²) in [6.07, 6.45) is 4.85. The van der Waals surface area contributed by atoms with E-state index in [2.05, 4.69) is 15.6 Å². The van der Waals surface area contributed by atoms with Crippen molar-refractivity contribution in [3.05, 3.63) is 67.4 Å². The highest BCUT2D eigenvalue weighted by Gasteiger charge is 2.33. The summed E-state index contributed by atoms with van der Waals surface area (Å²) in [5.74, 6) is -0.853. The minimum atomic E-state index is -0.415. The van der Waals surface area contributed by atoms with E-state index in [1.165, 1.54) is 29.0 Å². The van der Waals surface area contributed by atoms with Crippen molar-refractivity contribution >= 4 is 40.1 Å². The lowest BCUT2D eigenvalue weighted by Crippen LogP contribution is -2.40. The number of nitrogens with zero attached hydrogens (tertiary/aromatic N) is 4. The number of carbonyl (C=O) groups excluding carboxylic acids is 2. The number of hydrogen-bond donors (Lipinski definition) is 2. The third-order valence-electron chi connectivity index (χ3n) is 6.56. The number of pyridine rings is 1. The summed E-state index contributed by atoms with van der Waals surface area (Å²) in [5.41, 5.74) is 0.614. The summed E-state index contributed by atoms with van der Waals surface area (Å²) < 4.78 is 2.91. The lowest BCUT2D eigenvalue weighted by Gasteiger charge is -2.14. The Morgan fingerprint density at radius 1 is 1.16 bits per heavy atom. The molecule has 2 aliphatic rings. The van der Waals surface area contributed by atoms with Crippen LogP contribution in [0.25, 0.3) is 11.0 Å². The van der Waals surface area contributed by atoms with Crippen LogP contribution < -0.4 is 21.9 Å². The third kappa shape index (κ3) is 5.13. The highest BCUT2D eigenvalue weighted by atomic mass is 35.5. The predicted octanol–water partition coefficient (Wildman–Crippen LogP) is 3.15. The van der Waals surface area contributed by atoms with E-state index in [-0.39, 0.29) is 58.5 Å². The molecule has 2 aromatic heterocycles. The molecule has 0 spiro atoms. The summed E-state index contributed by atoms with van der Waals surface area (Å²) in [4.78, 5) is 55.6. The first-order chi connectivity index (χ1) is 17.8. The van der Waals surface area contributed by atoms with Crippen molar-refractivity contribution < 1.29 is 9.59 Å². The molecule has 190 valence electrons. The average molecular weight is 521 g/mol. The molecule has 10 nitrogen and oxygen atoms in total. The van der Waals surface area contributed by atoms with Gasteiger partial charge >= 0.3 is 5.69 Å². The minimum absolute atomic E-state index is 0.0417. The van der Waals surface area contributed by atoms with Gasteiger partial charge in [0.15, 0.2) is 0 Å². The van der Waals surface area contributed by atoms with Crippen molar-refractivity contribution in [3.8, 4) is 6.07 Å². The van der Waals surface area contributed by atoms with Gasteiger partial charge < -0.3 is 10.6 Å². The van der Waals surface area contributed by atoms with Gasteiger partial charge in [0.2, 0.25) is 5.91 Å². The minimum Gasteiger partial charge on any atom is -0.352 e. The molecule has 11 heteroatoms. The zero-order valence-corrected chi connectivity index (χ0v) is 20.9. The first kappa shape index (κ1) is 24.7. The van der Waals surface area contributed by atoms with E-state index in [4.69, 9.17) is 16.9 Å². The molecule has 37 heavy (non-hydrogen) atoms. The smallest absolute Gasteiger partial charge is 0.333 e. The molecule has 0 radical (unpaired) electrons. The Hall–Kier alpha value is -3.97. The van der Waals surface area contributed by atoms with Crippen LogP contribution in [0.2, 0.25) is 5.02 Å². The maximum absolute atomic E-state index is 13.1. The maximum Gasteiger partial charge on any atom is 0.333 e. The first-order valence-electron chi connectivity index (χ1n) is 12.2. The van der Waals surface area contributed by atoms with E-state index in [1.807, 2.05) is 13.0 Å². The molecule has 2 N–H and O–H groups in total. The summed E-state index contributed by atoms with van der Waals surface area (Å²) >= 11 is 6.01. The number of nitrogens with one attached hydrogen (secondary N) is 2. The molecule has 3 aromatic rings. The molecule has 1 aromatic carbocycles. The van der Waals surface area contributed by atoms with Gasteiger partial charge in [0.05, 0.1) is 21.5 Å². The summed E-state index contributed by atoms with van der Waals surface area (Å²) in [6.45, 7) is 2.05. The molecular formula is C26H25ClN6O4. The van der Waals surface area contributed by atoms with Crippen molar-refractivity contribution in [1.82, 2.24) is 19.4 Å². The summed E-state index contributed by atoms with van der Waals surface area (Å²) in [7, 11) is 0. The van der Waals surface area contributed by atoms with Crippen LogP contribution in [0.3, 0.4) is 0 Å². The van der Waals surface area contributed by atoms with Crippen LogP contribution in [0.1, 0.15) is 67.0 Å². The van der Waals surface area contributed by atoms with Gasteiger partial charge in [0, 0.05) is 36.9 Å². The number of anilines is 1. The molecule has 0 saturated heterocycles. The molecule has 2 aliphatic carbocycles. The quantitative estimate of drug-likeness (QED) is 0.467. The summed E-state index contributed by atoms with van der Waals surface area (Å²) in [6, 6.07) is 8.06. The molecule has 0 aliphatic heterocycles. The van der Waals surface area contributed by atoms with Gasteiger partial charge in [-0.05, 0) is 55.9 Å². The van der Waals surface area contributed by atoms with Crippen LogP contribution in [0.15, 0.2) is 40.1 Å². The topological polar surface area (TPSA) is 139 Å². The van der Waals surface area contributed by atoms with Gasteiger partial charge in [0.1, 0.15) is 11.7 Å².